The Morgan fingerprint density at radius 3 is 2.68 bits per heavy atom. The zero-order chi connectivity index (χ0) is 14.5. The third-order valence-corrected chi connectivity index (χ3v) is 2.36. The van der Waals surface area contributed by atoms with Crippen molar-refractivity contribution in [1.82, 2.24) is 10.2 Å². The monoisotopic (exact) mass is 276 g/mol. The minimum absolute atomic E-state index is 0.153. The summed E-state index contributed by atoms with van der Waals surface area (Å²) >= 11 is 0. The Balaban J connectivity index is 2.78. The molecule has 0 aliphatic carbocycles. The summed E-state index contributed by atoms with van der Waals surface area (Å²) in [5.74, 6) is -0.761. The van der Waals surface area contributed by atoms with E-state index in [1.165, 1.54) is 17.0 Å². The SMILES string of the molecule is CNCCN(C)C(=O)c1cccc(OC(F)(F)F)c1. The molecule has 0 saturated carbocycles. The van der Waals surface area contributed by atoms with Crippen LogP contribution in [0, 0.1) is 0 Å². The smallest absolute Gasteiger partial charge is 0.406 e. The lowest BCUT2D eigenvalue weighted by Crippen LogP contribution is -2.32. The number of hydrogen-bond acceptors (Lipinski definition) is 3. The van der Waals surface area contributed by atoms with E-state index < -0.39 is 12.1 Å². The molecule has 0 radical (unpaired) electrons. The molecule has 4 nitrogen and oxygen atoms in total. The van der Waals surface area contributed by atoms with Crippen LogP contribution in [0.5, 0.6) is 5.75 Å². The predicted octanol–water partition coefficient (Wildman–Crippen LogP) is 1.88. The maximum atomic E-state index is 12.1. The molecule has 1 N–H and O–H groups in total. The number of hydrogen-bond donors (Lipinski definition) is 1. The highest BCUT2D eigenvalue weighted by Crippen LogP contribution is 2.23. The van der Waals surface area contributed by atoms with Crippen LogP contribution in [-0.2, 0) is 0 Å². The maximum absolute atomic E-state index is 12.1. The summed E-state index contributed by atoms with van der Waals surface area (Å²) in [6.07, 6.45) is -4.76. The van der Waals surface area contributed by atoms with Gasteiger partial charge in [-0.3, -0.25) is 4.79 Å². The normalized spacial score (nSPS) is 11.2. The van der Waals surface area contributed by atoms with Crippen LogP contribution in [0.15, 0.2) is 24.3 Å². The van der Waals surface area contributed by atoms with Crippen molar-refractivity contribution in [2.45, 2.75) is 6.36 Å². The fraction of sp³-hybridized carbons (Fsp3) is 0.417. The van der Waals surface area contributed by atoms with Gasteiger partial charge in [-0.25, -0.2) is 0 Å². The van der Waals surface area contributed by atoms with Gasteiger partial charge in [0.2, 0.25) is 0 Å². The molecule has 0 bridgehead atoms. The number of carbonyl (C=O) groups excluding carboxylic acids is 1. The molecule has 0 spiro atoms. The van der Waals surface area contributed by atoms with Crippen molar-refractivity contribution in [2.75, 3.05) is 27.2 Å². The molecule has 0 saturated heterocycles. The second kappa shape index (κ2) is 6.42. The molecule has 1 rings (SSSR count). The van der Waals surface area contributed by atoms with Gasteiger partial charge in [-0.15, -0.1) is 13.2 Å². The van der Waals surface area contributed by atoms with Gasteiger partial charge in [-0.2, -0.15) is 0 Å². The fourth-order valence-corrected chi connectivity index (χ4v) is 1.43. The highest BCUT2D eigenvalue weighted by Gasteiger charge is 2.31. The van der Waals surface area contributed by atoms with E-state index in [0.717, 1.165) is 12.1 Å². The molecule has 106 valence electrons. The van der Waals surface area contributed by atoms with Gasteiger partial charge < -0.3 is 15.0 Å². The van der Waals surface area contributed by atoms with E-state index in [4.69, 9.17) is 0 Å². The second-order valence-electron chi connectivity index (χ2n) is 3.91. The van der Waals surface area contributed by atoms with E-state index >= 15 is 0 Å². The van der Waals surface area contributed by atoms with Crippen molar-refractivity contribution in [3.8, 4) is 5.75 Å². The lowest BCUT2D eigenvalue weighted by molar-refractivity contribution is -0.274. The number of amides is 1. The van der Waals surface area contributed by atoms with Crippen LogP contribution >= 0.6 is 0 Å². The number of halogens is 3. The fourth-order valence-electron chi connectivity index (χ4n) is 1.43. The van der Waals surface area contributed by atoms with Gasteiger partial charge in [0.05, 0.1) is 0 Å². The molecule has 0 heterocycles. The van der Waals surface area contributed by atoms with Gasteiger partial charge in [0, 0.05) is 25.7 Å². The summed E-state index contributed by atoms with van der Waals surface area (Å²) in [5.41, 5.74) is 0.153. The third kappa shape index (κ3) is 5.17. The van der Waals surface area contributed by atoms with Crippen LogP contribution in [0.3, 0.4) is 0 Å². The highest BCUT2D eigenvalue weighted by molar-refractivity contribution is 5.94. The molecule has 1 aromatic carbocycles. The Morgan fingerprint density at radius 2 is 2.11 bits per heavy atom. The van der Waals surface area contributed by atoms with Gasteiger partial charge in [-0.05, 0) is 25.2 Å². The summed E-state index contributed by atoms with van der Waals surface area (Å²) in [4.78, 5) is 13.3. The zero-order valence-corrected chi connectivity index (χ0v) is 10.6. The van der Waals surface area contributed by atoms with Gasteiger partial charge >= 0.3 is 6.36 Å². The number of nitrogens with zero attached hydrogens (tertiary/aromatic N) is 1. The van der Waals surface area contributed by atoms with Gasteiger partial charge in [0.25, 0.3) is 5.91 Å². The molecule has 0 atom stereocenters. The molecule has 0 aliphatic rings. The van der Waals surface area contributed by atoms with E-state index in [-0.39, 0.29) is 11.5 Å². The molecule has 1 amide bonds. The third-order valence-electron chi connectivity index (χ3n) is 2.36. The van der Waals surface area contributed by atoms with Gasteiger partial charge in [-0.1, -0.05) is 6.07 Å². The van der Waals surface area contributed by atoms with E-state index in [0.29, 0.717) is 13.1 Å². The quantitative estimate of drug-likeness (QED) is 0.892. The number of likely N-dealkylation sites (N-methyl/N-ethyl adjacent to an activating group) is 2. The Kier molecular flexibility index (Phi) is 5.17. The topological polar surface area (TPSA) is 41.6 Å². The highest BCUT2D eigenvalue weighted by atomic mass is 19.4. The van der Waals surface area contributed by atoms with E-state index in [9.17, 15) is 18.0 Å². The van der Waals surface area contributed by atoms with Crippen molar-refractivity contribution in [2.24, 2.45) is 0 Å². The first kappa shape index (κ1) is 15.3. The van der Waals surface area contributed by atoms with Crippen molar-refractivity contribution in [1.29, 1.82) is 0 Å². The van der Waals surface area contributed by atoms with Crippen LogP contribution in [0.25, 0.3) is 0 Å². The first-order chi connectivity index (χ1) is 8.83. The molecule has 7 heteroatoms. The number of benzene rings is 1. The van der Waals surface area contributed by atoms with Crippen molar-refractivity contribution in [3.63, 3.8) is 0 Å². The average molecular weight is 276 g/mol. The van der Waals surface area contributed by atoms with Crippen molar-refractivity contribution < 1.29 is 22.7 Å². The zero-order valence-electron chi connectivity index (χ0n) is 10.6. The minimum atomic E-state index is -4.76. The van der Waals surface area contributed by atoms with Crippen molar-refractivity contribution in [3.05, 3.63) is 29.8 Å². The van der Waals surface area contributed by atoms with Crippen LogP contribution < -0.4 is 10.1 Å². The molecule has 1 aromatic rings. The largest absolute Gasteiger partial charge is 0.573 e. The average Bonchev–Trinajstić information content (AvgIpc) is 2.33. The summed E-state index contributed by atoms with van der Waals surface area (Å²) < 4.78 is 40.0. The second-order valence-corrected chi connectivity index (χ2v) is 3.91. The lowest BCUT2D eigenvalue weighted by atomic mass is 10.2. The Morgan fingerprint density at radius 1 is 1.42 bits per heavy atom. The Labute approximate surface area is 109 Å². The number of nitrogens with one attached hydrogen (secondary N) is 1. The van der Waals surface area contributed by atoms with Gasteiger partial charge in [0.15, 0.2) is 0 Å². The molecule has 0 aromatic heterocycles. The Bertz CT molecular complexity index is 435. The molecule has 0 aliphatic heterocycles. The minimum Gasteiger partial charge on any atom is -0.406 e. The van der Waals surface area contributed by atoms with Crippen molar-refractivity contribution >= 4 is 5.91 Å². The molecule has 0 unspecified atom stereocenters. The van der Waals surface area contributed by atoms with Crippen LogP contribution in [-0.4, -0.2) is 44.4 Å². The summed E-state index contributed by atoms with van der Waals surface area (Å²) in [6.45, 7) is 1.06. The van der Waals surface area contributed by atoms with E-state index in [1.807, 2.05) is 0 Å². The number of carbonyl (C=O) groups is 1. The first-order valence-electron chi connectivity index (χ1n) is 5.59. The molecule has 19 heavy (non-hydrogen) atoms. The van der Waals surface area contributed by atoms with Crippen LogP contribution in [0.1, 0.15) is 10.4 Å². The summed E-state index contributed by atoms with van der Waals surface area (Å²) in [7, 11) is 3.33. The molecular formula is C12H15F3N2O2. The van der Waals surface area contributed by atoms with E-state index in [2.05, 4.69) is 10.1 Å². The van der Waals surface area contributed by atoms with Gasteiger partial charge in [0.1, 0.15) is 5.75 Å². The maximum Gasteiger partial charge on any atom is 0.573 e. The van der Waals surface area contributed by atoms with Crippen LogP contribution in [0.2, 0.25) is 0 Å². The number of ether oxygens (including phenoxy) is 1. The summed E-state index contributed by atoms with van der Waals surface area (Å²) in [5, 5.41) is 2.88. The lowest BCUT2D eigenvalue weighted by Gasteiger charge is -2.17. The van der Waals surface area contributed by atoms with E-state index in [1.54, 1.807) is 14.1 Å². The number of alkyl halides is 3. The number of rotatable bonds is 5. The Hall–Kier alpha value is -1.76. The standard InChI is InChI=1S/C12H15F3N2O2/c1-16-6-7-17(2)11(18)9-4-3-5-10(8-9)19-12(13,14)15/h3-5,8,16H,6-7H2,1-2H3. The first-order valence-corrected chi connectivity index (χ1v) is 5.59. The molecule has 0 fully saturated rings. The predicted molar refractivity (Wildman–Crippen MR) is 64.0 cm³/mol. The molecular weight excluding hydrogens is 261 g/mol. The summed E-state index contributed by atoms with van der Waals surface area (Å²) in [6, 6.07) is 5.02. The van der Waals surface area contributed by atoms with Crippen LogP contribution in [0.4, 0.5) is 13.2 Å².